The molecule has 0 aliphatic carbocycles. The van der Waals surface area contributed by atoms with E-state index >= 15 is 0 Å². The molecule has 4 heterocycles. The van der Waals surface area contributed by atoms with Gasteiger partial charge in [-0.25, -0.2) is 16.8 Å². The third-order valence-corrected chi connectivity index (χ3v) is 20.8. The zero-order chi connectivity index (χ0) is 58.0. The van der Waals surface area contributed by atoms with Gasteiger partial charge in [-0.15, -0.1) is 22.7 Å². The van der Waals surface area contributed by atoms with Gasteiger partial charge in [0.1, 0.15) is 19.9 Å². The third kappa shape index (κ3) is 16.0. The summed E-state index contributed by atoms with van der Waals surface area (Å²) in [4.78, 5) is 26.4. The van der Waals surface area contributed by atoms with Crippen molar-refractivity contribution in [3.05, 3.63) is 164 Å². The highest BCUT2D eigenvalue weighted by molar-refractivity contribution is 7.91. The molecule has 4 N–H and O–H groups in total. The van der Waals surface area contributed by atoms with Crippen molar-refractivity contribution in [1.82, 2.24) is 29.9 Å². The number of hydrogen-bond donors (Lipinski definition) is 4. The number of halogens is 6. The van der Waals surface area contributed by atoms with E-state index in [4.69, 9.17) is 9.47 Å². The Morgan fingerprint density at radius 3 is 1.39 bits per heavy atom. The molecule has 8 rings (SSSR count). The second-order valence-electron chi connectivity index (χ2n) is 19.7. The number of hydrogen-bond acceptors (Lipinski definition) is 12. The molecular weight excluding hydrogens is 1130 g/mol. The van der Waals surface area contributed by atoms with E-state index in [2.05, 4.69) is 21.3 Å². The molecule has 1 unspecified atom stereocenters. The smallest absolute Gasteiger partial charge is 0.416 e. The summed E-state index contributed by atoms with van der Waals surface area (Å²) in [5.41, 5.74) is 0.427. The van der Waals surface area contributed by atoms with E-state index in [0.29, 0.717) is 90.7 Å². The van der Waals surface area contributed by atoms with Crippen LogP contribution in [0.25, 0.3) is 0 Å². The van der Waals surface area contributed by atoms with Crippen molar-refractivity contribution < 1.29 is 62.2 Å². The van der Waals surface area contributed by atoms with Crippen LogP contribution in [0.4, 0.5) is 26.3 Å². The summed E-state index contributed by atoms with van der Waals surface area (Å²) in [5.74, 6) is 0.568. The topological polar surface area (TPSA) is 175 Å². The minimum absolute atomic E-state index is 0.00876. The average molecular weight is 1190 g/mol. The maximum Gasteiger partial charge on any atom is 0.416 e. The van der Waals surface area contributed by atoms with Crippen molar-refractivity contribution in [2.45, 2.75) is 110 Å². The molecule has 2 saturated heterocycles. The Hall–Kier alpha value is -5.86. The van der Waals surface area contributed by atoms with Crippen molar-refractivity contribution in [3.63, 3.8) is 0 Å². The van der Waals surface area contributed by atoms with E-state index in [9.17, 15) is 52.8 Å². The molecule has 0 spiro atoms. The van der Waals surface area contributed by atoms with Crippen LogP contribution in [0.3, 0.4) is 0 Å². The maximum absolute atomic E-state index is 13.3. The summed E-state index contributed by atoms with van der Waals surface area (Å²) >= 11 is 2.25. The first kappa shape index (κ1) is 61.8. The number of ether oxygens (including phenoxy) is 2. The van der Waals surface area contributed by atoms with Crippen molar-refractivity contribution in [1.29, 1.82) is 0 Å². The van der Waals surface area contributed by atoms with E-state index < -0.39 is 49.1 Å². The lowest BCUT2D eigenvalue weighted by Gasteiger charge is -2.37. The van der Waals surface area contributed by atoms with Gasteiger partial charge in [-0.3, -0.25) is 9.59 Å². The van der Waals surface area contributed by atoms with Gasteiger partial charge in [0.15, 0.2) is 0 Å². The summed E-state index contributed by atoms with van der Waals surface area (Å²) in [5, 5.41) is 12.6. The van der Waals surface area contributed by atoms with Gasteiger partial charge in [0.2, 0.25) is 0 Å². The highest BCUT2D eigenvalue weighted by Crippen LogP contribution is 2.35. The lowest BCUT2D eigenvalue weighted by atomic mass is 9.91. The van der Waals surface area contributed by atoms with Crippen LogP contribution in [0.1, 0.15) is 112 Å². The molecule has 2 aliphatic rings. The van der Waals surface area contributed by atoms with Crippen LogP contribution >= 0.6 is 22.7 Å². The number of carbonyl (C=O) groups is 2. The molecule has 2 fully saturated rings. The fourth-order valence-electron chi connectivity index (χ4n) is 9.32. The first-order valence-electron chi connectivity index (χ1n) is 25.7. The van der Waals surface area contributed by atoms with Crippen molar-refractivity contribution in [2.24, 2.45) is 0 Å². The average Bonchev–Trinajstić information content (AvgIpc) is 4.18. The quantitative estimate of drug-likeness (QED) is 0.0571. The molecule has 2 amide bonds. The van der Waals surface area contributed by atoms with Crippen molar-refractivity contribution in [2.75, 3.05) is 40.4 Å². The van der Waals surface area contributed by atoms with E-state index in [1.54, 1.807) is 72.8 Å². The number of piperidine rings is 2. The monoisotopic (exact) mass is 1190 g/mol. The Labute approximate surface area is 471 Å². The van der Waals surface area contributed by atoms with E-state index in [-0.39, 0.29) is 51.4 Å². The van der Waals surface area contributed by atoms with Gasteiger partial charge in [-0.2, -0.15) is 35.0 Å². The number of carbonyl (C=O) groups excluding carboxylic acids is 2. The minimum Gasteiger partial charge on any atom is -0.497 e. The van der Waals surface area contributed by atoms with Gasteiger partial charge in [0.25, 0.3) is 31.9 Å². The lowest BCUT2D eigenvalue weighted by Crippen LogP contribution is -2.50. The van der Waals surface area contributed by atoms with Gasteiger partial charge in [-0.1, -0.05) is 43.3 Å². The van der Waals surface area contributed by atoms with Gasteiger partial charge in [0.05, 0.1) is 38.4 Å². The molecule has 2 aromatic heterocycles. The zero-order valence-electron chi connectivity index (χ0n) is 44.6. The lowest BCUT2D eigenvalue weighted by molar-refractivity contribution is -0.138. The predicted molar refractivity (Wildman–Crippen MR) is 296 cm³/mol. The molecule has 14 nitrogen and oxygen atoms in total. The van der Waals surface area contributed by atoms with Crippen LogP contribution in [0.2, 0.25) is 0 Å². The molecule has 0 bridgehead atoms. The summed E-state index contributed by atoms with van der Waals surface area (Å²) in [6.45, 7) is 7.48. The standard InChI is InChI=1S/2C28H32F3N3O4S2/c1-27(2,20-7-9-21(10-8-20)28(29,30)31)33-22-13-15-34(16-14-22)40(36,37)25-12-11-24(39-25)18-32-26(35)19-5-4-6-23(17-19)38-3;1-3-25(19-7-9-21(10-8-19)28(29,30)31)33-22-13-15-34(16-14-22)40(36,37)26-12-11-24(39-26)18-32-27(35)20-5-4-6-23(17-20)38-2/h4-12,17,22,33H,13-16,18H2,1-3H3,(H,32,35);4-12,17,22,25,33H,3,13-16,18H2,1-2H3,(H,32,35). The number of benzene rings is 4. The fraction of sp³-hybridized carbons (Fsp3) is 0.393. The molecule has 0 saturated carbocycles. The molecule has 432 valence electrons. The Kier molecular flexibility index (Phi) is 20.4. The molecule has 6 aromatic rings. The van der Waals surface area contributed by atoms with Gasteiger partial charge in [0, 0.05) is 70.7 Å². The summed E-state index contributed by atoms with van der Waals surface area (Å²) in [7, 11) is -4.33. The zero-order valence-corrected chi connectivity index (χ0v) is 47.9. The Morgan fingerprint density at radius 1 is 0.588 bits per heavy atom. The molecule has 24 heteroatoms. The van der Waals surface area contributed by atoms with Gasteiger partial charge in [-0.05, 0) is 142 Å². The molecular formula is C56H64F6N6O8S4. The van der Waals surface area contributed by atoms with Crippen LogP contribution in [0.5, 0.6) is 11.5 Å². The predicted octanol–water partition coefficient (Wildman–Crippen LogP) is 11.0. The number of amides is 2. The van der Waals surface area contributed by atoms with Crippen LogP contribution < -0.4 is 30.7 Å². The third-order valence-electron chi connectivity index (χ3n) is 13.9. The van der Waals surface area contributed by atoms with E-state index in [1.807, 2.05) is 20.8 Å². The first-order chi connectivity index (χ1) is 37.8. The maximum atomic E-state index is 13.3. The van der Waals surface area contributed by atoms with Crippen molar-refractivity contribution >= 4 is 54.5 Å². The summed E-state index contributed by atoms with van der Waals surface area (Å²) < 4.78 is 144. The normalized spacial score (nSPS) is 15.8. The summed E-state index contributed by atoms with van der Waals surface area (Å²) in [6, 6.07) is 30.3. The SMILES string of the molecule is CCC(NC1CCN(S(=O)(=O)c2ccc(CNC(=O)c3cccc(OC)c3)s2)CC1)c1ccc(C(F)(F)F)cc1.COc1cccc(C(=O)NCc2ccc(S(=O)(=O)N3CCC(NC(C)(C)c4ccc(C(F)(F)F)cc4)CC3)s2)c1. The highest BCUT2D eigenvalue weighted by Gasteiger charge is 2.36. The van der Waals surface area contributed by atoms with Crippen LogP contribution in [0.15, 0.2) is 130 Å². The van der Waals surface area contributed by atoms with Gasteiger partial charge < -0.3 is 30.7 Å². The summed E-state index contributed by atoms with van der Waals surface area (Å²) in [6.07, 6.45) is -5.76. The minimum atomic E-state index is -4.39. The largest absolute Gasteiger partial charge is 0.497 e. The number of alkyl halides is 6. The van der Waals surface area contributed by atoms with Crippen molar-refractivity contribution in [3.8, 4) is 11.5 Å². The number of nitrogens with one attached hydrogen (secondary N) is 4. The number of thiophene rings is 2. The number of rotatable bonds is 19. The Morgan fingerprint density at radius 2 is 0.988 bits per heavy atom. The number of methoxy groups -OCH3 is 2. The first-order valence-corrected chi connectivity index (χ1v) is 30.2. The molecule has 0 radical (unpaired) electrons. The second-order valence-corrected chi connectivity index (χ2v) is 26.4. The molecule has 80 heavy (non-hydrogen) atoms. The molecule has 1 atom stereocenters. The Balaban J connectivity index is 0.000000231. The Bertz CT molecular complexity index is 3260. The van der Waals surface area contributed by atoms with Crippen LogP contribution in [0, 0.1) is 0 Å². The van der Waals surface area contributed by atoms with E-state index in [0.717, 1.165) is 58.1 Å². The van der Waals surface area contributed by atoms with Crippen LogP contribution in [-0.4, -0.2) is 89.7 Å². The fourth-order valence-corrected chi connectivity index (χ4v) is 15.2. The van der Waals surface area contributed by atoms with E-state index in [1.165, 1.54) is 47.1 Å². The highest BCUT2D eigenvalue weighted by atomic mass is 32.3. The number of nitrogens with zero attached hydrogens (tertiary/aromatic N) is 2. The number of sulfonamides is 2. The molecule has 2 aliphatic heterocycles. The van der Waals surface area contributed by atoms with Gasteiger partial charge >= 0.3 is 12.4 Å². The molecule has 4 aromatic carbocycles. The second kappa shape index (κ2) is 26.4. The van der Waals surface area contributed by atoms with Crippen LogP contribution in [-0.2, 0) is 51.0 Å².